The first kappa shape index (κ1) is 17.9. The molecule has 2 amide bonds. The van der Waals surface area contributed by atoms with Crippen molar-refractivity contribution in [1.29, 1.82) is 0 Å². The molecule has 0 aliphatic heterocycles. The van der Waals surface area contributed by atoms with Crippen LogP contribution in [-0.2, 0) is 10.0 Å². The Morgan fingerprint density at radius 2 is 1.78 bits per heavy atom. The number of primary sulfonamides is 1. The zero-order valence-electron chi connectivity index (χ0n) is 11.2. The zero-order valence-corrected chi connectivity index (χ0v) is 15.1. The predicted octanol–water partition coefficient (Wildman–Crippen LogP) is 1.89. The molecule has 0 saturated heterocycles. The van der Waals surface area contributed by atoms with Gasteiger partial charge >= 0.3 is 0 Å². The van der Waals surface area contributed by atoms with Gasteiger partial charge in [0, 0.05) is 0 Å². The molecule has 7 nitrogen and oxygen atoms in total. The lowest BCUT2D eigenvalue weighted by atomic mass is 10.2. The van der Waals surface area contributed by atoms with Crippen LogP contribution in [0.3, 0.4) is 0 Å². The van der Waals surface area contributed by atoms with E-state index in [1.54, 1.807) is 12.1 Å². The molecule has 1 aromatic heterocycles. The van der Waals surface area contributed by atoms with Crippen LogP contribution in [-0.4, -0.2) is 20.2 Å². The first-order valence-electron chi connectivity index (χ1n) is 5.87. The Hall–Kier alpha value is -1.46. The third-order valence-electron chi connectivity index (χ3n) is 2.59. The molecule has 11 heteroatoms. The van der Waals surface area contributed by atoms with Gasteiger partial charge in [-0.25, -0.2) is 13.6 Å². The van der Waals surface area contributed by atoms with Gasteiger partial charge in [0.2, 0.25) is 10.0 Å². The largest absolute Gasteiger partial charge is 0.279 e. The highest BCUT2D eigenvalue weighted by molar-refractivity contribution is 9.11. The maximum Gasteiger partial charge on any atom is 0.279 e. The zero-order chi connectivity index (χ0) is 17.2. The van der Waals surface area contributed by atoms with Crippen molar-refractivity contribution in [2.24, 2.45) is 5.14 Å². The van der Waals surface area contributed by atoms with Crippen LogP contribution in [0.25, 0.3) is 0 Å². The summed E-state index contributed by atoms with van der Waals surface area (Å²) in [5.74, 6) is -1.29. The Labute approximate surface area is 149 Å². The van der Waals surface area contributed by atoms with Gasteiger partial charge in [0.15, 0.2) is 0 Å². The fraction of sp³-hybridized carbons (Fsp3) is 0. The number of hydrogen-bond donors (Lipinski definition) is 3. The standard InChI is InChI=1S/C12H9BrClN3O4S2/c13-10-9(23(15,20)21)5-8(22-10)12(19)17-16-11(18)6-3-1-2-4-7(6)14/h1-5H,(H,16,18)(H,17,19)(H2,15,20,21). The number of sulfonamides is 1. The molecular weight excluding hydrogens is 430 g/mol. The van der Waals surface area contributed by atoms with Crippen molar-refractivity contribution in [2.75, 3.05) is 0 Å². The maximum absolute atomic E-state index is 12.0. The summed E-state index contributed by atoms with van der Waals surface area (Å²) in [6.45, 7) is 0. The second kappa shape index (κ2) is 6.97. The molecule has 0 unspecified atom stereocenters. The number of halogens is 2. The fourth-order valence-electron chi connectivity index (χ4n) is 1.55. The summed E-state index contributed by atoms with van der Waals surface area (Å²) in [6, 6.07) is 7.42. The van der Waals surface area contributed by atoms with Crippen LogP contribution in [0.1, 0.15) is 20.0 Å². The molecule has 0 radical (unpaired) electrons. The van der Waals surface area contributed by atoms with Crippen LogP contribution in [0.4, 0.5) is 0 Å². The number of carbonyl (C=O) groups excluding carboxylic acids is 2. The average Bonchev–Trinajstić information content (AvgIpc) is 2.87. The van der Waals surface area contributed by atoms with E-state index in [-0.39, 0.29) is 24.1 Å². The van der Waals surface area contributed by atoms with Gasteiger partial charge < -0.3 is 0 Å². The predicted molar refractivity (Wildman–Crippen MR) is 89.8 cm³/mol. The van der Waals surface area contributed by atoms with E-state index in [2.05, 4.69) is 26.8 Å². The van der Waals surface area contributed by atoms with Gasteiger partial charge in [-0.1, -0.05) is 23.7 Å². The number of nitrogens with one attached hydrogen (secondary N) is 2. The van der Waals surface area contributed by atoms with Gasteiger partial charge in [0.1, 0.15) is 4.90 Å². The molecule has 4 N–H and O–H groups in total. The Morgan fingerprint density at radius 1 is 1.17 bits per heavy atom. The van der Waals surface area contributed by atoms with Gasteiger partial charge in [-0.05, 0) is 34.1 Å². The van der Waals surface area contributed by atoms with Gasteiger partial charge in [-0.2, -0.15) is 0 Å². The van der Waals surface area contributed by atoms with Crippen molar-refractivity contribution in [2.45, 2.75) is 4.90 Å². The molecule has 1 heterocycles. The molecule has 2 rings (SSSR count). The van der Waals surface area contributed by atoms with E-state index in [1.807, 2.05) is 0 Å². The van der Waals surface area contributed by atoms with Crippen LogP contribution in [0.2, 0.25) is 5.02 Å². The lowest BCUT2D eigenvalue weighted by Crippen LogP contribution is -2.41. The van der Waals surface area contributed by atoms with Crippen LogP contribution in [0.15, 0.2) is 39.0 Å². The maximum atomic E-state index is 12.0. The lowest BCUT2D eigenvalue weighted by molar-refractivity contribution is 0.0849. The number of hydrazine groups is 1. The first-order valence-corrected chi connectivity index (χ1v) is 9.41. The van der Waals surface area contributed by atoms with E-state index in [4.69, 9.17) is 16.7 Å². The summed E-state index contributed by atoms with van der Waals surface area (Å²) in [5, 5.41) is 5.25. The van der Waals surface area contributed by atoms with Crippen molar-refractivity contribution >= 4 is 60.7 Å². The van der Waals surface area contributed by atoms with E-state index in [1.165, 1.54) is 12.1 Å². The van der Waals surface area contributed by atoms with Gasteiger partial charge in [0.05, 0.1) is 19.2 Å². The van der Waals surface area contributed by atoms with Crippen molar-refractivity contribution in [1.82, 2.24) is 10.9 Å². The highest BCUT2D eigenvalue weighted by Crippen LogP contribution is 2.30. The number of hydrogen-bond acceptors (Lipinski definition) is 5. The third-order valence-corrected chi connectivity index (χ3v) is 6.09. The fourth-order valence-corrected chi connectivity index (χ4v) is 4.81. The van der Waals surface area contributed by atoms with E-state index in [9.17, 15) is 18.0 Å². The van der Waals surface area contributed by atoms with Crippen LogP contribution >= 0.6 is 38.9 Å². The molecule has 0 aliphatic carbocycles. The molecule has 2 aromatic rings. The summed E-state index contributed by atoms with van der Waals surface area (Å²) in [7, 11) is -3.95. The Kier molecular flexibility index (Phi) is 5.42. The van der Waals surface area contributed by atoms with Crippen LogP contribution in [0.5, 0.6) is 0 Å². The molecule has 23 heavy (non-hydrogen) atoms. The summed E-state index contributed by atoms with van der Waals surface area (Å²) in [6.07, 6.45) is 0. The second-order valence-corrected chi connectivity index (χ2v) is 8.49. The lowest BCUT2D eigenvalue weighted by Gasteiger charge is -2.07. The van der Waals surface area contributed by atoms with E-state index < -0.39 is 21.8 Å². The summed E-state index contributed by atoms with van der Waals surface area (Å²) in [4.78, 5) is 23.7. The average molecular weight is 439 g/mol. The number of amides is 2. The molecule has 0 fully saturated rings. The molecule has 0 saturated carbocycles. The highest BCUT2D eigenvalue weighted by Gasteiger charge is 2.20. The van der Waals surface area contributed by atoms with Gasteiger partial charge in [-0.3, -0.25) is 20.4 Å². The second-order valence-electron chi connectivity index (χ2n) is 4.18. The van der Waals surface area contributed by atoms with Crippen molar-refractivity contribution in [3.05, 3.63) is 49.6 Å². The number of benzene rings is 1. The molecular formula is C12H9BrClN3O4S2. The van der Waals surface area contributed by atoms with E-state index in [0.717, 1.165) is 17.4 Å². The topological polar surface area (TPSA) is 118 Å². The number of carbonyl (C=O) groups is 2. The molecule has 0 atom stereocenters. The number of rotatable bonds is 3. The third kappa shape index (κ3) is 4.30. The normalized spacial score (nSPS) is 11.1. The van der Waals surface area contributed by atoms with Crippen LogP contribution in [0, 0.1) is 0 Å². The van der Waals surface area contributed by atoms with E-state index in [0.29, 0.717) is 0 Å². The molecule has 1 aromatic carbocycles. The SMILES string of the molecule is NS(=O)(=O)c1cc(C(=O)NNC(=O)c2ccccc2Cl)sc1Br. The van der Waals surface area contributed by atoms with Gasteiger partial charge in [-0.15, -0.1) is 11.3 Å². The highest BCUT2D eigenvalue weighted by atomic mass is 79.9. The monoisotopic (exact) mass is 437 g/mol. The molecule has 122 valence electrons. The minimum atomic E-state index is -3.95. The minimum absolute atomic E-state index is 0.0559. The summed E-state index contributed by atoms with van der Waals surface area (Å²) < 4.78 is 22.8. The molecule has 0 spiro atoms. The van der Waals surface area contributed by atoms with Crippen LogP contribution < -0.4 is 16.0 Å². The summed E-state index contributed by atoms with van der Waals surface area (Å²) in [5.41, 5.74) is 4.55. The molecule has 0 aliphatic rings. The quantitative estimate of drug-likeness (QED) is 0.634. The Bertz CT molecular complexity index is 882. The summed E-state index contributed by atoms with van der Waals surface area (Å²) >= 11 is 9.76. The Morgan fingerprint density at radius 3 is 2.35 bits per heavy atom. The minimum Gasteiger partial charge on any atom is -0.267 e. The number of nitrogens with two attached hydrogens (primary N) is 1. The first-order chi connectivity index (χ1) is 10.7. The number of thiophene rings is 1. The van der Waals surface area contributed by atoms with Crippen molar-refractivity contribution in [3.63, 3.8) is 0 Å². The molecule has 0 bridgehead atoms. The Balaban J connectivity index is 2.09. The van der Waals surface area contributed by atoms with E-state index >= 15 is 0 Å². The van der Waals surface area contributed by atoms with Crippen molar-refractivity contribution < 1.29 is 18.0 Å². The van der Waals surface area contributed by atoms with Crippen molar-refractivity contribution in [3.8, 4) is 0 Å². The van der Waals surface area contributed by atoms with Gasteiger partial charge in [0.25, 0.3) is 11.8 Å². The smallest absolute Gasteiger partial charge is 0.267 e.